The predicted octanol–water partition coefficient (Wildman–Crippen LogP) is 1.98. The summed E-state index contributed by atoms with van der Waals surface area (Å²) in [6.07, 6.45) is -0.215. The van der Waals surface area contributed by atoms with Crippen LogP contribution in [0.3, 0.4) is 0 Å². The molecule has 0 aromatic carbocycles. The van der Waals surface area contributed by atoms with Gasteiger partial charge in [0, 0.05) is 11.3 Å². The number of aromatic nitrogens is 2. The molecule has 0 aliphatic heterocycles. The number of nitrogens with zero attached hydrogens (tertiary/aromatic N) is 2. The highest BCUT2D eigenvalue weighted by Crippen LogP contribution is 2.20. The summed E-state index contributed by atoms with van der Waals surface area (Å²) in [5, 5.41) is 14.0. The lowest BCUT2D eigenvalue weighted by Crippen LogP contribution is -2.12. The first-order valence-electron chi connectivity index (χ1n) is 5.77. The Balaban J connectivity index is 2.71. The molecule has 16 heavy (non-hydrogen) atoms. The van der Waals surface area contributed by atoms with Crippen LogP contribution in [0, 0.1) is 13.8 Å². The average Bonchev–Trinajstić information content (AvgIpc) is 2.41. The second-order valence-electron chi connectivity index (χ2n) is 4.40. The molecule has 0 radical (unpaired) electrons. The van der Waals surface area contributed by atoms with Crippen molar-refractivity contribution in [2.24, 2.45) is 0 Å². The van der Waals surface area contributed by atoms with Crippen molar-refractivity contribution < 1.29 is 9.84 Å². The Kier molecular flexibility index (Phi) is 4.50. The number of aliphatic hydroxyl groups is 1. The summed E-state index contributed by atoms with van der Waals surface area (Å²) in [6, 6.07) is 0. The number of aryl methyl sites for hydroxylation is 1. The molecule has 1 N–H and O–H groups in total. The lowest BCUT2D eigenvalue weighted by Gasteiger charge is -2.09. The van der Waals surface area contributed by atoms with Crippen LogP contribution in [0.25, 0.3) is 0 Å². The van der Waals surface area contributed by atoms with E-state index in [1.807, 2.05) is 32.4 Å². The minimum absolute atomic E-state index is 0.244. The van der Waals surface area contributed by atoms with Gasteiger partial charge < -0.3 is 9.84 Å². The maximum atomic E-state index is 9.63. The molecule has 1 atom stereocenters. The van der Waals surface area contributed by atoms with Gasteiger partial charge in [-0.1, -0.05) is 0 Å². The van der Waals surface area contributed by atoms with Crippen molar-refractivity contribution in [1.82, 2.24) is 9.78 Å². The van der Waals surface area contributed by atoms with Gasteiger partial charge in [0.15, 0.2) is 0 Å². The van der Waals surface area contributed by atoms with Gasteiger partial charge in [-0.15, -0.1) is 0 Å². The standard InChI is InChI=1S/C12H22N2O2/c1-8(2)16-7-6-14-10(4)12(11(5)15)9(3)13-14/h8,11,15H,6-7H2,1-5H3. The molecule has 1 heterocycles. The molecule has 0 aliphatic carbocycles. The summed E-state index contributed by atoms with van der Waals surface area (Å²) >= 11 is 0. The van der Waals surface area contributed by atoms with Crippen molar-refractivity contribution in [1.29, 1.82) is 0 Å². The molecule has 0 saturated heterocycles. The smallest absolute Gasteiger partial charge is 0.0797 e. The van der Waals surface area contributed by atoms with Crippen molar-refractivity contribution >= 4 is 0 Å². The minimum Gasteiger partial charge on any atom is -0.389 e. The summed E-state index contributed by atoms with van der Waals surface area (Å²) in [6.45, 7) is 11.1. The molecule has 0 aliphatic rings. The molecule has 1 unspecified atom stereocenters. The van der Waals surface area contributed by atoms with Gasteiger partial charge in [0.2, 0.25) is 0 Å². The van der Waals surface area contributed by atoms with Crippen LogP contribution < -0.4 is 0 Å². The Labute approximate surface area is 97.2 Å². The molecule has 4 nitrogen and oxygen atoms in total. The second-order valence-corrected chi connectivity index (χ2v) is 4.40. The van der Waals surface area contributed by atoms with Crippen LogP contribution >= 0.6 is 0 Å². The summed E-state index contributed by atoms with van der Waals surface area (Å²) in [5.74, 6) is 0. The third kappa shape index (κ3) is 3.06. The lowest BCUT2D eigenvalue weighted by atomic mass is 10.1. The molecule has 0 spiro atoms. The van der Waals surface area contributed by atoms with E-state index in [9.17, 15) is 5.11 Å². The zero-order valence-corrected chi connectivity index (χ0v) is 10.8. The molecule has 1 aromatic rings. The normalized spacial score (nSPS) is 13.4. The molecular formula is C12H22N2O2. The lowest BCUT2D eigenvalue weighted by molar-refractivity contribution is 0.0705. The fourth-order valence-electron chi connectivity index (χ4n) is 1.91. The first kappa shape index (κ1) is 13.2. The first-order chi connectivity index (χ1) is 7.43. The fraction of sp³-hybridized carbons (Fsp3) is 0.750. The van der Waals surface area contributed by atoms with Gasteiger partial charge in [-0.2, -0.15) is 5.10 Å². The highest BCUT2D eigenvalue weighted by Gasteiger charge is 2.15. The number of hydrogen-bond donors (Lipinski definition) is 1. The number of hydrogen-bond acceptors (Lipinski definition) is 3. The Morgan fingerprint density at radius 1 is 1.31 bits per heavy atom. The number of ether oxygens (including phenoxy) is 1. The second kappa shape index (κ2) is 5.46. The highest BCUT2D eigenvalue weighted by molar-refractivity contribution is 5.26. The van der Waals surface area contributed by atoms with E-state index in [1.165, 1.54) is 0 Å². The number of aliphatic hydroxyl groups excluding tert-OH is 1. The molecule has 0 fully saturated rings. The monoisotopic (exact) mass is 226 g/mol. The molecule has 0 bridgehead atoms. The summed E-state index contributed by atoms with van der Waals surface area (Å²) < 4.78 is 7.39. The number of rotatable bonds is 5. The van der Waals surface area contributed by atoms with Crippen LogP contribution in [0.4, 0.5) is 0 Å². The van der Waals surface area contributed by atoms with E-state index < -0.39 is 6.10 Å². The van der Waals surface area contributed by atoms with Gasteiger partial charge in [-0.05, 0) is 34.6 Å². The van der Waals surface area contributed by atoms with Crippen LogP contribution in [0.1, 0.15) is 43.8 Å². The quantitative estimate of drug-likeness (QED) is 0.835. The van der Waals surface area contributed by atoms with Crippen LogP contribution in [0.15, 0.2) is 0 Å². The summed E-state index contributed by atoms with van der Waals surface area (Å²) in [7, 11) is 0. The van der Waals surface area contributed by atoms with Gasteiger partial charge in [0.1, 0.15) is 0 Å². The van der Waals surface area contributed by atoms with Crippen LogP contribution in [0.5, 0.6) is 0 Å². The zero-order chi connectivity index (χ0) is 12.3. The Morgan fingerprint density at radius 2 is 1.94 bits per heavy atom. The van der Waals surface area contributed by atoms with E-state index in [4.69, 9.17) is 4.74 Å². The van der Waals surface area contributed by atoms with Gasteiger partial charge in [0.05, 0.1) is 31.1 Å². The van der Waals surface area contributed by atoms with E-state index >= 15 is 0 Å². The van der Waals surface area contributed by atoms with Crippen molar-refractivity contribution in [3.63, 3.8) is 0 Å². The van der Waals surface area contributed by atoms with Crippen molar-refractivity contribution in [2.75, 3.05) is 6.61 Å². The summed E-state index contributed by atoms with van der Waals surface area (Å²) in [5.41, 5.74) is 2.86. The van der Waals surface area contributed by atoms with Crippen molar-refractivity contribution in [3.05, 3.63) is 17.0 Å². The van der Waals surface area contributed by atoms with E-state index in [1.54, 1.807) is 6.92 Å². The van der Waals surface area contributed by atoms with Crippen LogP contribution in [-0.2, 0) is 11.3 Å². The van der Waals surface area contributed by atoms with E-state index in [0.29, 0.717) is 6.61 Å². The van der Waals surface area contributed by atoms with Crippen molar-refractivity contribution in [2.45, 2.75) is 53.4 Å². The van der Waals surface area contributed by atoms with Gasteiger partial charge in [-0.25, -0.2) is 0 Å². The highest BCUT2D eigenvalue weighted by atomic mass is 16.5. The molecule has 4 heteroatoms. The largest absolute Gasteiger partial charge is 0.389 e. The zero-order valence-electron chi connectivity index (χ0n) is 10.8. The van der Waals surface area contributed by atoms with Gasteiger partial charge in [-0.3, -0.25) is 4.68 Å². The van der Waals surface area contributed by atoms with Gasteiger partial charge >= 0.3 is 0 Å². The topological polar surface area (TPSA) is 47.3 Å². The SMILES string of the molecule is Cc1nn(CCOC(C)C)c(C)c1C(C)O. The van der Waals surface area contributed by atoms with Crippen LogP contribution in [-0.4, -0.2) is 27.6 Å². The molecule has 0 saturated carbocycles. The first-order valence-corrected chi connectivity index (χ1v) is 5.77. The third-order valence-corrected chi connectivity index (χ3v) is 2.61. The molecule has 1 aromatic heterocycles. The van der Waals surface area contributed by atoms with Crippen LogP contribution in [0.2, 0.25) is 0 Å². The Bertz CT molecular complexity index is 343. The maximum Gasteiger partial charge on any atom is 0.0797 e. The minimum atomic E-state index is -0.459. The predicted molar refractivity (Wildman–Crippen MR) is 63.4 cm³/mol. The van der Waals surface area contributed by atoms with Gasteiger partial charge in [0.25, 0.3) is 0 Å². The van der Waals surface area contributed by atoms with E-state index in [0.717, 1.165) is 23.5 Å². The summed E-state index contributed by atoms with van der Waals surface area (Å²) in [4.78, 5) is 0. The van der Waals surface area contributed by atoms with Crippen molar-refractivity contribution in [3.8, 4) is 0 Å². The fourth-order valence-corrected chi connectivity index (χ4v) is 1.91. The maximum absolute atomic E-state index is 9.63. The van der Waals surface area contributed by atoms with E-state index in [-0.39, 0.29) is 6.10 Å². The molecule has 92 valence electrons. The molecular weight excluding hydrogens is 204 g/mol. The third-order valence-electron chi connectivity index (χ3n) is 2.61. The average molecular weight is 226 g/mol. The molecule has 1 rings (SSSR count). The Hall–Kier alpha value is -0.870. The van der Waals surface area contributed by atoms with E-state index in [2.05, 4.69) is 5.10 Å². The molecule has 0 amide bonds. The Morgan fingerprint density at radius 3 is 2.38 bits per heavy atom.